The second-order valence-corrected chi connectivity index (χ2v) is 10.6. The highest BCUT2D eigenvalue weighted by molar-refractivity contribution is 5.97. The van der Waals surface area contributed by atoms with Gasteiger partial charge in [0.05, 0.1) is 24.0 Å². The van der Waals surface area contributed by atoms with Crippen LogP contribution in [0.15, 0.2) is 36.7 Å². The highest BCUT2D eigenvalue weighted by Gasteiger charge is 2.47. The molecular weight excluding hydrogens is 454 g/mol. The lowest BCUT2D eigenvalue weighted by Gasteiger charge is -2.31. The summed E-state index contributed by atoms with van der Waals surface area (Å²) in [5.41, 5.74) is 10.4. The first kappa shape index (κ1) is 21.9. The van der Waals surface area contributed by atoms with E-state index in [1.807, 2.05) is 23.2 Å². The molecule has 5 heterocycles. The maximum absolute atomic E-state index is 13.4. The molecular formula is C27H31N7O2. The van der Waals surface area contributed by atoms with E-state index in [2.05, 4.69) is 26.3 Å². The predicted octanol–water partition coefficient (Wildman–Crippen LogP) is 3.27. The van der Waals surface area contributed by atoms with Crippen LogP contribution in [0, 0.1) is 17.8 Å². The van der Waals surface area contributed by atoms with Crippen LogP contribution in [0.25, 0.3) is 33.7 Å². The predicted molar refractivity (Wildman–Crippen MR) is 136 cm³/mol. The van der Waals surface area contributed by atoms with Gasteiger partial charge in [-0.3, -0.25) is 4.79 Å². The number of nitrogens with two attached hydrogens (primary N) is 1. The average molecular weight is 486 g/mol. The molecule has 7 rings (SSSR count). The molecule has 3 aliphatic rings. The van der Waals surface area contributed by atoms with E-state index in [0.29, 0.717) is 42.0 Å². The molecule has 2 aliphatic carbocycles. The highest BCUT2D eigenvalue weighted by Crippen LogP contribution is 2.43. The SMILES string of the molecule is COCCn1c(-c2cc3cccnc3n2CC2CC2)nc2cc(C(=O)N3C[C@H]4CC[C@H]4[C@H]3N)cnc21. The molecule has 0 unspecified atom stereocenters. The number of ether oxygens (including phenoxy) is 1. The summed E-state index contributed by atoms with van der Waals surface area (Å²) in [5, 5.41) is 1.10. The minimum Gasteiger partial charge on any atom is -0.383 e. The zero-order valence-corrected chi connectivity index (χ0v) is 20.5. The van der Waals surface area contributed by atoms with Crippen molar-refractivity contribution in [3.8, 4) is 11.5 Å². The van der Waals surface area contributed by atoms with Crippen LogP contribution in [0.3, 0.4) is 0 Å². The van der Waals surface area contributed by atoms with Crippen LogP contribution in [0.2, 0.25) is 0 Å². The van der Waals surface area contributed by atoms with Gasteiger partial charge in [0.2, 0.25) is 0 Å². The monoisotopic (exact) mass is 485 g/mol. The minimum absolute atomic E-state index is 0.0497. The van der Waals surface area contributed by atoms with Gasteiger partial charge in [0.25, 0.3) is 5.91 Å². The number of methoxy groups -OCH3 is 1. The summed E-state index contributed by atoms with van der Waals surface area (Å²) in [6.45, 7) is 2.81. The number of hydrogen-bond acceptors (Lipinski definition) is 6. The Morgan fingerprint density at radius 3 is 2.75 bits per heavy atom. The first-order valence-electron chi connectivity index (χ1n) is 13.0. The molecule has 3 atom stereocenters. The van der Waals surface area contributed by atoms with Gasteiger partial charge >= 0.3 is 0 Å². The lowest BCUT2D eigenvalue weighted by atomic mass is 9.75. The van der Waals surface area contributed by atoms with Gasteiger partial charge in [0.1, 0.15) is 11.2 Å². The van der Waals surface area contributed by atoms with Crippen molar-refractivity contribution >= 4 is 28.1 Å². The van der Waals surface area contributed by atoms with Crippen molar-refractivity contribution in [3.05, 3.63) is 42.2 Å². The summed E-state index contributed by atoms with van der Waals surface area (Å²) in [5.74, 6) is 2.44. The van der Waals surface area contributed by atoms with Gasteiger partial charge in [-0.1, -0.05) is 0 Å². The second-order valence-electron chi connectivity index (χ2n) is 10.6. The molecule has 1 amide bonds. The summed E-state index contributed by atoms with van der Waals surface area (Å²) in [4.78, 5) is 29.7. The highest BCUT2D eigenvalue weighted by atomic mass is 16.5. The Kier molecular flexibility index (Phi) is 5.11. The van der Waals surface area contributed by atoms with E-state index < -0.39 is 0 Å². The molecule has 1 aliphatic heterocycles. The standard InChI is InChI=1S/C27H31N7O2/c1-36-10-9-32-25-21(11-19(13-30-25)27(35)34-15-18-6-7-20(18)23(34)28)31-26(32)22-12-17-3-2-8-29-24(17)33(22)14-16-4-5-16/h2-3,8,11-13,16,18,20,23H,4-7,9-10,14-15,28H2,1H3/t18-,20-,23+/m1/s1. The Morgan fingerprint density at radius 2 is 2.03 bits per heavy atom. The largest absolute Gasteiger partial charge is 0.383 e. The molecule has 9 nitrogen and oxygen atoms in total. The van der Waals surface area contributed by atoms with Crippen molar-refractivity contribution in [3.63, 3.8) is 0 Å². The van der Waals surface area contributed by atoms with Crippen LogP contribution >= 0.6 is 0 Å². The Balaban J connectivity index is 1.32. The van der Waals surface area contributed by atoms with E-state index in [9.17, 15) is 4.79 Å². The molecule has 1 saturated heterocycles. The number of rotatable bonds is 7. The quantitative estimate of drug-likeness (QED) is 0.431. The molecule has 2 N–H and O–H groups in total. The van der Waals surface area contributed by atoms with Gasteiger partial charge < -0.3 is 24.5 Å². The van der Waals surface area contributed by atoms with Gasteiger partial charge in [0.15, 0.2) is 11.5 Å². The number of aromatic nitrogens is 5. The van der Waals surface area contributed by atoms with Crippen LogP contribution in [0.4, 0.5) is 0 Å². The zero-order chi connectivity index (χ0) is 24.4. The van der Waals surface area contributed by atoms with Crippen LogP contribution in [-0.2, 0) is 17.8 Å². The van der Waals surface area contributed by atoms with E-state index >= 15 is 0 Å². The number of fused-ring (bicyclic) bond motifs is 3. The lowest BCUT2D eigenvalue weighted by Crippen LogP contribution is -2.44. The van der Waals surface area contributed by atoms with Crippen molar-refractivity contribution in [2.45, 2.75) is 44.9 Å². The van der Waals surface area contributed by atoms with Crippen molar-refractivity contribution in [2.24, 2.45) is 23.5 Å². The third-order valence-electron chi connectivity index (χ3n) is 8.34. The molecule has 4 aromatic heterocycles. The molecule has 0 radical (unpaired) electrons. The molecule has 0 aromatic carbocycles. The van der Waals surface area contributed by atoms with Gasteiger partial charge in [-0.05, 0) is 67.7 Å². The third kappa shape index (κ3) is 3.44. The van der Waals surface area contributed by atoms with E-state index in [0.717, 1.165) is 54.1 Å². The third-order valence-corrected chi connectivity index (χ3v) is 8.34. The Hall–Kier alpha value is -3.30. The average Bonchev–Trinajstić information content (AvgIpc) is 3.45. The maximum atomic E-state index is 13.4. The van der Waals surface area contributed by atoms with Crippen LogP contribution in [0.5, 0.6) is 0 Å². The Labute approximate surface area is 209 Å². The zero-order valence-electron chi connectivity index (χ0n) is 20.5. The Bertz CT molecular complexity index is 1470. The van der Waals surface area contributed by atoms with Gasteiger partial charge in [-0.15, -0.1) is 0 Å². The number of amides is 1. The second kappa shape index (κ2) is 8.38. The molecule has 4 aromatic rings. The number of carbonyl (C=O) groups excluding carboxylic acids is 1. The van der Waals surface area contributed by atoms with E-state index in [-0.39, 0.29) is 12.1 Å². The molecule has 0 spiro atoms. The topological polar surface area (TPSA) is 104 Å². The summed E-state index contributed by atoms with van der Waals surface area (Å²) in [7, 11) is 1.70. The smallest absolute Gasteiger partial charge is 0.256 e. The molecule has 186 valence electrons. The first-order valence-corrected chi connectivity index (χ1v) is 13.0. The van der Waals surface area contributed by atoms with Crippen LogP contribution < -0.4 is 5.73 Å². The number of imidazole rings is 1. The Morgan fingerprint density at radius 1 is 1.14 bits per heavy atom. The van der Waals surface area contributed by atoms with Gasteiger partial charge in [0, 0.05) is 44.5 Å². The number of likely N-dealkylation sites (tertiary alicyclic amines) is 1. The molecule has 3 fully saturated rings. The molecule has 2 saturated carbocycles. The van der Waals surface area contributed by atoms with E-state index in [1.165, 1.54) is 12.8 Å². The summed E-state index contributed by atoms with van der Waals surface area (Å²) in [6.07, 6.45) is 8.10. The fraction of sp³-hybridized carbons (Fsp3) is 0.481. The normalized spacial score (nSPS) is 23.4. The summed E-state index contributed by atoms with van der Waals surface area (Å²) in [6, 6.07) is 8.10. The first-order chi connectivity index (χ1) is 17.6. The van der Waals surface area contributed by atoms with Crippen molar-refractivity contribution in [1.29, 1.82) is 0 Å². The number of pyridine rings is 2. The van der Waals surface area contributed by atoms with Gasteiger partial charge in [-0.25, -0.2) is 15.0 Å². The van der Waals surface area contributed by atoms with Crippen LogP contribution in [0.1, 0.15) is 36.0 Å². The molecule has 9 heteroatoms. The lowest BCUT2D eigenvalue weighted by molar-refractivity contribution is 0.0723. The fourth-order valence-electron chi connectivity index (χ4n) is 5.99. The van der Waals surface area contributed by atoms with Gasteiger partial charge in [-0.2, -0.15) is 0 Å². The summed E-state index contributed by atoms with van der Waals surface area (Å²) >= 11 is 0. The molecule has 0 bridgehead atoms. The number of carbonyl (C=O) groups is 1. The van der Waals surface area contributed by atoms with Crippen molar-refractivity contribution in [1.82, 2.24) is 29.0 Å². The number of nitrogens with zero attached hydrogens (tertiary/aromatic N) is 6. The maximum Gasteiger partial charge on any atom is 0.256 e. The van der Waals surface area contributed by atoms with Crippen LogP contribution in [-0.4, -0.2) is 61.3 Å². The molecule has 36 heavy (non-hydrogen) atoms. The van der Waals surface area contributed by atoms with Crippen molar-refractivity contribution < 1.29 is 9.53 Å². The number of hydrogen-bond donors (Lipinski definition) is 1. The minimum atomic E-state index is -0.201. The van der Waals surface area contributed by atoms with E-state index in [1.54, 1.807) is 13.3 Å². The van der Waals surface area contributed by atoms with E-state index in [4.69, 9.17) is 20.4 Å². The fourth-order valence-corrected chi connectivity index (χ4v) is 5.99. The summed E-state index contributed by atoms with van der Waals surface area (Å²) < 4.78 is 9.81. The van der Waals surface area contributed by atoms with Crippen molar-refractivity contribution in [2.75, 3.05) is 20.3 Å².